The average molecular weight is 381 g/mol. The standard InChI is InChI=1S/C19H25ClN2O4/c1-4-12-25-15(3)19(24)26-14(2)18(23)22-10-8-21(9-11-22)17-7-5-6-16(20)13-17/h4-7,13-15H,1,8-12H2,2-3H3. The summed E-state index contributed by atoms with van der Waals surface area (Å²) in [6.07, 6.45) is -0.0180. The van der Waals surface area contributed by atoms with Crippen LogP contribution in [0.3, 0.4) is 0 Å². The van der Waals surface area contributed by atoms with Crippen LogP contribution in [0.25, 0.3) is 0 Å². The van der Waals surface area contributed by atoms with E-state index in [9.17, 15) is 9.59 Å². The van der Waals surface area contributed by atoms with Crippen LogP contribution in [0.1, 0.15) is 13.8 Å². The molecule has 26 heavy (non-hydrogen) atoms. The lowest BCUT2D eigenvalue weighted by Gasteiger charge is -2.37. The minimum atomic E-state index is -0.838. The summed E-state index contributed by atoms with van der Waals surface area (Å²) in [5.41, 5.74) is 1.04. The smallest absolute Gasteiger partial charge is 0.335 e. The molecule has 0 N–H and O–H groups in total. The topological polar surface area (TPSA) is 59.1 Å². The van der Waals surface area contributed by atoms with Gasteiger partial charge in [0.1, 0.15) is 0 Å². The van der Waals surface area contributed by atoms with Gasteiger partial charge in [-0.15, -0.1) is 6.58 Å². The molecule has 1 aliphatic heterocycles. The Morgan fingerprint density at radius 3 is 2.54 bits per heavy atom. The number of hydrogen-bond donors (Lipinski definition) is 0. The third-order valence-corrected chi connectivity index (χ3v) is 4.44. The molecule has 1 saturated heterocycles. The zero-order valence-corrected chi connectivity index (χ0v) is 15.9. The summed E-state index contributed by atoms with van der Waals surface area (Å²) in [5.74, 6) is -0.745. The molecular formula is C19H25ClN2O4. The van der Waals surface area contributed by atoms with Gasteiger partial charge >= 0.3 is 5.97 Å². The van der Waals surface area contributed by atoms with Crippen molar-refractivity contribution in [3.05, 3.63) is 41.9 Å². The fourth-order valence-corrected chi connectivity index (χ4v) is 2.90. The van der Waals surface area contributed by atoms with Gasteiger partial charge in [0.15, 0.2) is 12.2 Å². The van der Waals surface area contributed by atoms with Crippen molar-refractivity contribution >= 4 is 29.2 Å². The number of carbonyl (C=O) groups excluding carboxylic acids is 2. The van der Waals surface area contributed by atoms with Crippen molar-refractivity contribution in [2.75, 3.05) is 37.7 Å². The van der Waals surface area contributed by atoms with Gasteiger partial charge in [0.2, 0.25) is 0 Å². The molecular weight excluding hydrogens is 356 g/mol. The van der Waals surface area contributed by atoms with Crippen LogP contribution < -0.4 is 4.90 Å². The van der Waals surface area contributed by atoms with E-state index in [1.807, 2.05) is 24.3 Å². The van der Waals surface area contributed by atoms with Gasteiger partial charge in [-0.2, -0.15) is 0 Å². The van der Waals surface area contributed by atoms with Gasteiger partial charge in [-0.3, -0.25) is 4.79 Å². The first-order chi connectivity index (χ1) is 12.4. The van der Waals surface area contributed by atoms with Gasteiger partial charge in [0.25, 0.3) is 5.91 Å². The Balaban J connectivity index is 1.83. The lowest BCUT2D eigenvalue weighted by Crippen LogP contribution is -2.52. The van der Waals surface area contributed by atoms with E-state index in [0.717, 1.165) is 5.69 Å². The summed E-state index contributed by atoms with van der Waals surface area (Å²) in [7, 11) is 0. The van der Waals surface area contributed by atoms with Crippen LogP contribution >= 0.6 is 11.6 Å². The summed E-state index contributed by atoms with van der Waals surface area (Å²) in [5, 5.41) is 0.689. The molecule has 1 amide bonds. The third-order valence-electron chi connectivity index (χ3n) is 4.20. The number of benzene rings is 1. The summed E-state index contributed by atoms with van der Waals surface area (Å²) in [6, 6.07) is 7.65. The fourth-order valence-electron chi connectivity index (χ4n) is 2.72. The number of ether oxygens (including phenoxy) is 2. The van der Waals surface area contributed by atoms with Crippen LogP contribution in [0.5, 0.6) is 0 Å². The molecule has 2 rings (SSSR count). The Hall–Kier alpha value is -2.05. The normalized spacial score (nSPS) is 16.7. The number of rotatable bonds is 7. The molecule has 1 aromatic rings. The molecule has 7 heteroatoms. The predicted octanol–water partition coefficient (Wildman–Crippen LogP) is 2.51. The predicted molar refractivity (Wildman–Crippen MR) is 101 cm³/mol. The zero-order chi connectivity index (χ0) is 19.1. The second-order valence-electron chi connectivity index (χ2n) is 6.14. The monoisotopic (exact) mass is 380 g/mol. The van der Waals surface area contributed by atoms with E-state index in [1.165, 1.54) is 0 Å². The highest BCUT2D eigenvalue weighted by molar-refractivity contribution is 6.30. The number of anilines is 1. The Morgan fingerprint density at radius 2 is 1.92 bits per heavy atom. The van der Waals surface area contributed by atoms with Crippen LogP contribution in [0, 0.1) is 0 Å². The van der Waals surface area contributed by atoms with E-state index >= 15 is 0 Å². The third kappa shape index (κ3) is 5.47. The Bertz CT molecular complexity index is 644. The summed E-state index contributed by atoms with van der Waals surface area (Å²) < 4.78 is 10.4. The van der Waals surface area contributed by atoms with E-state index in [0.29, 0.717) is 31.2 Å². The molecule has 0 radical (unpaired) electrons. The van der Waals surface area contributed by atoms with Gasteiger partial charge in [-0.05, 0) is 32.0 Å². The molecule has 1 aromatic carbocycles. The number of nitrogens with zero attached hydrogens (tertiary/aromatic N) is 2. The van der Waals surface area contributed by atoms with Gasteiger partial charge < -0.3 is 19.3 Å². The summed E-state index contributed by atoms with van der Waals surface area (Å²) >= 11 is 6.04. The van der Waals surface area contributed by atoms with Crippen molar-refractivity contribution in [3.63, 3.8) is 0 Å². The number of halogens is 1. The number of hydrogen-bond acceptors (Lipinski definition) is 5. The Kier molecular flexibility index (Phi) is 7.48. The maximum atomic E-state index is 12.5. The molecule has 0 aliphatic carbocycles. The molecule has 1 heterocycles. The SMILES string of the molecule is C=CCOC(C)C(=O)OC(C)C(=O)N1CCN(c2cccc(Cl)c2)CC1. The van der Waals surface area contributed by atoms with Crippen molar-refractivity contribution in [2.24, 2.45) is 0 Å². The van der Waals surface area contributed by atoms with Gasteiger partial charge in [-0.1, -0.05) is 23.7 Å². The second-order valence-corrected chi connectivity index (χ2v) is 6.57. The average Bonchev–Trinajstić information content (AvgIpc) is 2.65. The van der Waals surface area contributed by atoms with Crippen LogP contribution in [0.2, 0.25) is 5.02 Å². The van der Waals surface area contributed by atoms with Crippen molar-refractivity contribution < 1.29 is 19.1 Å². The van der Waals surface area contributed by atoms with Crippen molar-refractivity contribution in [2.45, 2.75) is 26.1 Å². The number of piperazine rings is 1. The van der Waals surface area contributed by atoms with Crippen molar-refractivity contribution in [1.82, 2.24) is 4.90 Å². The molecule has 142 valence electrons. The number of amides is 1. The number of esters is 1. The van der Waals surface area contributed by atoms with Crippen molar-refractivity contribution in [1.29, 1.82) is 0 Å². The highest BCUT2D eigenvalue weighted by Gasteiger charge is 2.28. The minimum absolute atomic E-state index is 0.194. The second kappa shape index (κ2) is 9.59. The maximum Gasteiger partial charge on any atom is 0.335 e. The quantitative estimate of drug-likeness (QED) is 0.537. The lowest BCUT2D eigenvalue weighted by molar-refractivity contribution is -0.167. The molecule has 0 saturated carbocycles. The van der Waals surface area contributed by atoms with E-state index in [-0.39, 0.29) is 12.5 Å². The molecule has 0 aromatic heterocycles. The first kappa shape index (κ1) is 20.3. The maximum absolute atomic E-state index is 12.5. The molecule has 6 nitrogen and oxygen atoms in total. The first-order valence-electron chi connectivity index (χ1n) is 8.64. The Labute approximate surface area is 159 Å². The highest BCUT2D eigenvalue weighted by atomic mass is 35.5. The summed E-state index contributed by atoms with van der Waals surface area (Å²) in [4.78, 5) is 28.4. The first-order valence-corrected chi connectivity index (χ1v) is 9.02. The highest BCUT2D eigenvalue weighted by Crippen LogP contribution is 2.21. The summed E-state index contributed by atoms with van der Waals surface area (Å²) in [6.45, 7) is 9.49. The van der Waals surface area contributed by atoms with Gasteiger partial charge in [-0.25, -0.2) is 4.79 Å². The fraction of sp³-hybridized carbons (Fsp3) is 0.474. The lowest BCUT2D eigenvalue weighted by atomic mass is 10.2. The van der Waals surface area contributed by atoms with Gasteiger partial charge in [0, 0.05) is 36.9 Å². The zero-order valence-electron chi connectivity index (χ0n) is 15.2. The molecule has 1 fully saturated rings. The van der Waals surface area contributed by atoms with E-state index in [4.69, 9.17) is 21.1 Å². The molecule has 1 aliphatic rings. The Morgan fingerprint density at radius 1 is 1.23 bits per heavy atom. The largest absolute Gasteiger partial charge is 0.451 e. The molecule has 0 bridgehead atoms. The van der Waals surface area contributed by atoms with E-state index in [2.05, 4.69) is 11.5 Å². The molecule has 2 unspecified atom stereocenters. The minimum Gasteiger partial charge on any atom is -0.451 e. The van der Waals surface area contributed by atoms with Crippen LogP contribution in [0.15, 0.2) is 36.9 Å². The van der Waals surface area contributed by atoms with Crippen LogP contribution in [0.4, 0.5) is 5.69 Å². The number of carbonyl (C=O) groups is 2. The van der Waals surface area contributed by atoms with Crippen LogP contribution in [-0.2, 0) is 19.1 Å². The molecule has 2 atom stereocenters. The van der Waals surface area contributed by atoms with E-state index in [1.54, 1.807) is 24.8 Å². The molecule has 0 spiro atoms. The van der Waals surface area contributed by atoms with E-state index < -0.39 is 18.2 Å². The van der Waals surface area contributed by atoms with Gasteiger partial charge in [0.05, 0.1) is 6.61 Å². The van der Waals surface area contributed by atoms with Crippen LogP contribution in [-0.4, -0.2) is 61.8 Å². The van der Waals surface area contributed by atoms with Crippen molar-refractivity contribution in [3.8, 4) is 0 Å².